The van der Waals surface area contributed by atoms with Crippen LogP contribution in [0.15, 0.2) is 41.4 Å². The number of aromatic nitrogens is 4. The van der Waals surface area contributed by atoms with Crippen molar-refractivity contribution in [1.29, 1.82) is 0 Å². The number of allylic oxidation sites excluding steroid dienone is 2. The highest BCUT2D eigenvalue weighted by molar-refractivity contribution is 7.09. The lowest BCUT2D eigenvalue weighted by Crippen LogP contribution is -2.30. The maximum absolute atomic E-state index is 11.7. The van der Waals surface area contributed by atoms with Gasteiger partial charge in [0.25, 0.3) is 0 Å². The first-order chi connectivity index (χ1) is 43.5. The van der Waals surface area contributed by atoms with Crippen molar-refractivity contribution < 1.29 is 9.53 Å². The van der Waals surface area contributed by atoms with Crippen LogP contribution in [0.1, 0.15) is 304 Å². The van der Waals surface area contributed by atoms with Crippen LogP contribution in [-0.2, 0) is 48.2 Å². The van der Waals surface area contributed by atoms with Crippen LogP contribution < -0.4 is 0 Å². The Balaban J connectivity index is 0.000000543. The van der Waals surface area contributed by atoms with Crippen molar-refractivity contribution in [3.63, 3.8) is 0 Å². The lowest BCUT2D eigenvalue weighted by molar-refractivity contribution is -0.131. The molecule has 0 radical (unpaired) electrons. The van der Waals surface area contributed by atoms with Gasteiger partial charge >= 0.3 is 0 Å². The summed E-state index contributed by atoms with van der Waals surface area (Å²) >= 11 is 1.81. The van der Waals surface area contributed by atoms with Gasteiger partial charge in [-0.3, -0.25) is 9.48 Å². The Morgan fingerprint density at radius 3 is 1.67 bits per heavy atom. The molecule has 4 aliphatic rings. The zero-order chi connectivity index (χ0) is 70.7. The van der Waals surface area contributed by atoms with E-state index >= 15 is 0 Å². The molecule has 3 aromatic rings. The number of hydrogen-bond acceptors (Lipinski definition) is 7. The average molecular weight is 1310 g/mol. The van der Waals surface area contributed by atoms with Gasteiger partial charge in [0, 0.05) is 57.2 Å². The Kier molecular flexibility index (Phi) is 45.5. The van der Waals surface area contributed by atoms with E-state index in [9.17, 15) is 4.79 Å². The van der Waals surface area contributed by atoms with Crippen LogP contribution in [0.4, 0.5) is 0 Å². The van der Waals surface area contributed by atoms with Gasteiger partial charge in [0.2, 0.25) is 5.91 Å². The largest absolute Gasteiger partial charge is 0.378 e. The molecule has 5 atom stereocenters. The Labute approximate surface area is 583 Å². The van der Waals surface area contributed by atoms with E-state index in [2.05, 4.69) is 257 Å². The third-order valence-corrected chi connectivity index (χ3v) is 19.8. The van der Waals surface area contributed by atoms with E-state index in [4.69, 9.17) is 4.74 Å². The highest BCUT2D eigenvalue weighted by atomic mass is 32.1. The van der Waals surface area contributed by atoms with Crippen molar-refractivity contribution in [3.05, 3.63) is 74.5 Å². The van der Waals surface area contributed by atoms with Crippen LogP contribution in [0.2, 0.25) is 0 Å². The zero-order valence-corrected chi connectivity index (χ0v) is 67.7. The molecule has 93 heavy (non-hydrogen) atoms. The number of thiazole rings is 1. The summed E-state index contributed by atoms with van der Waals surface area (Å²) < 4.78 is 7.78. The Morgan fingerprint density at radius 2 is 1.17 bits per heavy atom. The molecule has 2 aliphatic carbocycles. The van der Waals surface area contributed by atoms with Crippen molar-refractivity contribution in [2.24, 2.45) is 101 Å². The number of ether oxygens (including phenoxy) is 1. The number of carbonyl (C=O) groups excluding carboxylic acids is 1. The summed E-state index contributed by atoms with van der Waals surface area (Å²) in [5.41, 5.74) is 8.80. The van der Waals surface area contributed by atoms with E-state index in [-0.39, 0.29) is 0 Å². The smallest absolute Gasteiger partial charge is 0.222 e. The predicted octanol–water partition coefficient (Wildman–Crippen LogP) is 23.3. The summed E-state index contributed by atoms with van der Waals surface area (Å²) in [6.07, 6.45) is 23.4. The zero-order valence-electron chi connectivity index (χ0n) is 66.9. The number of benzene rings is 1. The standard InChI is InChI=1S/C15H22.C12H23NO.C12H25N.C12H24O.C12H24.C11H19NS.C10H19N3/c1-10(2)13-8-12-6-5-7-14(11(3)4)15(12)9-13;1-9(2)7-12(14)13-6-5-11(8-13)10(3)4;1-10(2)5-7-13-8-6-12(9-13)11(3)4;1-9(2)8-13-12-6-5-11(7-12)10(3)4;1-10(2)6-8-12(5)9-7-11(3)4;1-8(2)5-10-7-13-11(12-10)6-9(3)4;1-8(2)5-10-7-13(12-11-10)6-9(3)4/h5-7,10-11,13H,8-9H2,1-4H3;9-11H,5-8H2,1-4H3;10-12H,5-9H2,1-4H3;9-12H,5-8H2,1-4H3;8,10-11H,6-7,9H2,1-5H3;2*7-9H,5-6H2,1-4H3/b;;;;12-8+;;. The van der Waals surface area contributed by atoms with Gasteiger partial charge < -0.3 is 14.5 Å². The molecular formula is C84H156N6O2S. The molecule has 0 spiro atoms. The van der Waals surface area contributed by atoms with Gasteiger partial charge in [0.15, 0.2) is 0 Å². The first kappa shape index (κ1) is 88.1. The number of rotatable bonds is 26. The highest BCUT2D eigenvalue weighted by Crippen LogP contribution is 2.36. The Bertz CT molecular complexity index is 2230. The summed E-state index contributed by atoms with van der Waals surface area (Å²) in [5, 5.41) is 11.7. The number of amides is 1. The van der Waals surface area contributed by atoms with Crippen LogP contribution in [-0.4, -0.2) is 81.1 Å². The minimum absolute atomic E-state index is 0.350. The fourth-order valence-electron chi connectivity index (χ4n) is 12.5. The van der Waals surface area contributed by atoms with Crippen LogP contribution in [0.5, 0.6) is 0 Å². The van der Waals surface area contributed by atoms with E-state index in [1.165, 1.54) is 101 Å². The molecule has 1 saturated carbocycles. The van der Waals surface area contributed by atoms with Crippen molar-refractivity contribution in [2.75, 3.05) is 39.3 Å². The van der Waals surface area contributed by atoms with Gasteiger partial charge in [-0.25, -0.2) is 4.98 Å². The van der Waals surface area contributed by atoms with Crippen molar-refractivity contribution in [1.82, 2.24) is 29.8 Å². The maximum Gasteiger partial charge on any atom is 0.222 e. The number of hydrogen-bond donors (Lipinski definition) is 0. The fraction of sp³-hybridized carbons (Fsp3) is 0.833. The molecule has 1 aromatic carbocycles. The van der Waals surface area contributed by atoms with Crippen LogP contribution in [0.25, 0.3) is 0 Å². The second-order valence-electron chi connectivity index (χ2n) is 34.7. The molecule has 0 N–H and O–H groups in total. The number of nitrogens with zero attached hydrogens (tertiary/aromatic N) is 6. The van der Waals surface area contributed by atoms with E-state index in [0.29, 0.717) is 59.9 Å². The Morgan fingerprint density at radius 1 is 0.591 bits per heavy atom. The quantitative estimate of drug-likeness (QED) is 0.0746. The Hall–Kier alpha value is -2.88. The molecule has 3 fully saturated rings. The molecular weight excluding hydrogens is 1160 g/mol. The van der Waals surface area contributed by atoms with E-state index < -0.39 is 0 Å². The molecule has 9 heteroatoms. The first-order valence-corrected chi connectivity index (χ1v) is 39.5. The molecule has 5 unspecified atom stereocenters. The summed E-state index contributed by atoms with van der Waals surface area (Å²) in [6, 6.07) is 6.87. The van der Waals surface area contributed by atoms with Crippen LogP contribution >= 0.6 is 11.3 Å². The second kappa shape index (κ2) is 48.0. The average Bonchev–Trinajstić information content (AvgIpc) is 1.72. The van der Waals surface area contributed by atoms with Crippen molar-refractivity contribution in [2.45, 2.75) is 316 Å². The van der Waals surface area contributed by atoms with Crippen LogP contribution in [0, 0.1) is 101 Å². The summed E-state index contributed by atoms with van der Waals surface area (Å²) in [5.74, 6) is 14.2. The number of likely N-dealkylation sites (tertiary alicyclic amines) is 2. The minimum atomic E-state index is 0.350. The lowest BCUT2D eigenvalue weighted by atomic mass is 9.91. The number of carbonyl (C=O) groups is 1. The van der Waals surface area contributed by atoms with Gasteiger partial charge in [0.1, 0.15) is 0 Å². The van der Waals surface area contributed by atoms with Crippen LogP contribution in [0.3, 0.4) is 0 Å². The third kappa shape index (κ3) is 41.2. The molecule has 0 bridgehead atoms. The van der Waals surface area contributed by atoms with Gasteiger partial charge in [-0.1, -0.05) is 229 Å². The topological polar surface area (TPSA) is 76.4 Å². The SMILES string of the molecule is C/C(=C\CC(C)C)CCC(C)C.CC(C)CC(=O)N1CCC(C(C)C)C1.CC(C)CCN1CCC(C(C)C)C1.CC(C)COC1CCC(C(C)C)C1.CC(C)Cc1cn(CC(C)C)nn1.CC(C)Cc1csc(CC(C)C)n1.CC(C)c1cccc2c1CC(C(C)C)C2. The fourth-order valence-corrected chi connectivity index (χ4v) is 13.6. The van der Waals surface area contributed by atoms with E-state index in [1.807, 2.05) is 20.9 Å². The van der Waals surface area contributed by atoms with Crippen molar-refractivity contribution >= 4 is 17.2 Å². The van der Waals surface area contributed by atoms with E-state index in [1.54, 1.807) is 22.3 Å². The lowest BCUT2D eigenvalue weighted by Gasteiger charge is -2.19. The molecule has 2 aromatic heterocycles. The summed E-state index contributed by atoms with van der Waals surface area (Å²) in [4.78, 5) is 21.0. The molecule has 7 rings (SSSR count). The van der Waals surface area contributed by atoms with Gasteiger partial charge in [-0.15, -0.1) is 16.4 Å². The highest BCUT2D eigenvalue weighted by Gasteiger charge is 2.30. The van der Waals surface area contributed by atoms with Crippen molar-refractivity contribution in [3.8, 4) is 0 Å². The molecule has 2 saturated heterocycles. The third-order valence-electron chi connectivity index (χ3n) is 18.8. The minimum Gasteiger partial charge on any atom is -0.378 e. The maximum atomic E-state index is 11.7. The van der Waals surface area contributed by atoms with Gasteiger partial charge in [-0.05, 0) is 227 Å². The summed E-state index contributed by atoms with van der Waals surface area (Å²) in [7, 11) is 0. The van der Waals surface area contributed by atoms with Gasteiger partial charge in [0.05, 0.1) is 22.5 Å². The molecule has 8 nitrogen and oxygen atoms in total. The molecule has 2 aliphatic heterocycles. The molecule has 540 valence electrons. The number of fused-ring (bicyclic) bond motifs is 1. The normalized spacial score (nSPS) is 19.1. The first-order valence-electron chi connectivity index (χ1n) is 38.7. The summed E-state index contributed by atoms with van der Waals surface area (Å²) in [6.45, 7) is 73.4. The molecule has 4 heterocycles. The second-order valence-corrected chi connectivity index (χ2v) is 35.6. The van der Waals surface area contributed by atoms with Gasteiger partial charge in [-0.2, -0.15) is 0 Å². The molecule has 1 amide bonds. The predicted molar refractivity (Wildman–Crippen MR) is 411 cm³/mol. The monoisotopic (exact) mass is 1310 g/mol. The van der Waals surface area contributed by atoms with E-state index in [0.717, 1.165) is 116 Å².